The van der Waals surface area contributed by atoms with Crippen LogP contribution in [0.5, 0.6) is 0 Å². The number of halogens is 2. The molecule has 3 rings (SSSR count). The molecule has 130 valence electrons. The van der Waals surface area contributed by atoms with Crippen molar-refractivity contribution in [2.45, 2.75) is 10.9 Å². The maximum absolute atomic E-state index is 11.6. The van der Waals surface area contributed by atoms with E-state index in [1.54, 1.807) is 30.5 Å². The Morgan fingerprint density at radius 2 is 2.16 bits per heavy atom. The lowest BCUT2D eigenvalue weighted by Gasteiger charge is -2.22. The summed E-state index contributed by atoms with van der Waals surface area (Å²) in [6, 6.07) is 9.80. The third-order valence-electron chi connectivity index (χ3n) is 3.65. The summed E-state index contributed by atoms with van der Waals surface area (Å²) in [5.74, 6) is 0.715. The fourth-order valence-corrected chi connectivity index (χ4v) is 3.87. The van der Waals surface area contributed by atoms with E-state index in [9.17, 15) is 10.1 Å². The Hall–Kier alpha value is -1.83. The van der Waals surface area contributed by atoms with Gasteiger partial charge in [-0.1, -0.05) is 29.3 Å². The fourth-order valence-electron chi connectivity index (χ4n) is 2.50. The number of nitrogens with zero attached hydrogens (tertiary/aromatic N) is 4. The molecule has 2 aromatic rings. The first-order valence-electron chi connectivity index (χ1n) is 7.50. The van der Waals surface area contributed by atoms with E-state index in [0.29, 0.717) is 29.1 Å². The van der Waals surface area contributed by atoms with Crippen LogP contribution in [0.3, 0.4) is 0 Å². The second-order valence-electron chi connectivity index (χ2n) is 5.30. The van der Waals surface area contributed by atoms with Crippen molar-refractivity contribution in [2.24, 2.45) is 4.99 Å². The average Bonchev–Trinajstić information content (AvgIpc) is 3.05. The van der Waals surface area contributed by atoms with Crippen LogP contribution in [0.25, 0.3) is 0 Å². The van der Waals surface area contributed by atoms with Crippen molar-refractivity contribution in [3.05, 3.63) is 62.9 Å². The molecule has 1 aliphatic heterocycles. The van der Waals surface area contributed by atoms with Crippen LogP contribution in [0, 0.1) is 10.1 Å². The summed E-state index contributed by atoms with van der Waals surface area (Å²) >= 11 is 13.2. The first kappa shape index (κ1) is 18.0. The van der Waals surface area contributed by atoms with Crippen molar-refractivity contribution in [3.8, 4) is 0 Å². The van der Waals surface area contributed by atoms with Gasteiger partial charge in [-0.25, -0.2) is 4.98 Å². The number of nitro groups is 1. The molecule has 0 saturated heterocycles. The van der Waals surface area contributed by atoms with Crippen LogP contribution in [0.15, 0.2) is 52.5 Å². The van der Waals surface area contributed by atoms with E-state index in [0.717, 1.165) is 10.6 Å². The smallest absolute Gasteiger partial charge is 0.278 e. The van der Waals surface area contributed by atoms with Crippen LogP contribution in [0.2, 0.25) is 10.2 Å². The van der Waals surface area contributed by atoms with Crippen LogP contribution in [0.4, 0.5) is 5.69 Å². The molecular weight excluding hydrogens is 383 g/mol. The van der Waals surface area contributed by atoms with Gasteiger partial charge < -0.3 is 4.90 Å². The Bertz CT molecular complexity index is 801. The van der Waals surface area contributed by atoms with E-state index in [1.165, 1.54) is 11.8 Å². The lowest BCUT2D eigenvalue weighted by molar-refractivity contribution is -0.497. The molecule has 0 fully saturated rings. The molecule has 1 atom stereocenters. The average molecular weight is 397 g/mol. The van der Waals surface area contributed by atoms with Gasteiger partial charge in [-0.3, -0.25) is 15.1 Å². The van der Waals surface area contributed by atoms with Crippen LogP contribution in [-0.4, -0.2) is 40.6 Å². The minimum Gasteiger partial charge on any atom is -0.321 e. The molecule has 9 heteroatoms. The molecular formula is C16H14Cl2N4O2S. The summed E-state index contributed by atoms with van der Waals surface area (Å²) in [6.07, 6.45) is 1.60. The van der Waals surface area contributed by atoms with Crippen LogP contribution < -0.4 is 4.90 Å². The van der Waals surface area contributed by atoms with Crippen molar-refractivity contribution < 1.29 is 4.92 Å². The van der Waals surface area contributed by atoms with Gasteiger partial charge in [0.25, 0.3) is 6.04 Å². The second-order valence-corrected chi connectivity index (χ2v) is 7.22. The molecule has 1 aliphatic rings. The molecule has 0 bridgehead atoms. The number of rotatable bonds is 6. The van der Waals surface area contributed by atoms with E-state index >= 15 is 0 Å². The van der Waals surface area contributed by atoms with Crippen molar-refractivity contribution >= 4 is 46.5 Å². The molecule has 0 spiro atoms. The summed E-state index contributed by atoms with van der Waals surface area (Å²) in [6.45, 7) is 1.11. The Labute approximate surface area is 159 Å². The summed E-state index contributed by atoms with van der Waals surface area (Å²) in [5.41, 5.74) is 0.750. The zero-order chi connectivity index (χ0) is 17.8. The molecule has 1 unspecified atom stereocenters. The number of hydrogen-bond acceptors (Lipinski definition) is 6. The number of pyridine rings is 1. The first-order valence-corrected chi connectivity index (χ1v) is 9.24. The van der Waals surface area contributed by atoms with Gasteiger partial charge in [0.05, 0.1) is 24.2 Å². The minimum atomic E-state index is -0.915. The number of aliphatic imine (C=N–C) groups is 1. The van der Waals surface area contributed by atoms with Gasteiger partial charge in [-0.05, 0) is 30.3 Å². The number of amidine groups is 1. The van der Waals surface area contributed by atoms with Gasteiger partial charge >= 0.3 is 0 Å². The standard InChI is InChI=1S/C16H14Cl2N4O2S/c17-11-2-1-3-13(8-11)25-10-14(22(23)24)16-19-6-7-21(16)12-4-5-15(18)20-9-12/h1-5,8-9,14H,6-7,10H2. The van der Waals surface area contributed by atoms with Crippen molar-refractivity contribution in [2.75, 3.05) is 23.7 Å². The van der Waals surface area contributed by atoms with Gasteiger partial charge in [0.1, 0.15) is 5.15 Å². The second kappa shape index (κ2) is 8.03. The summed E-state index contributed by atoms with van der Waals surface area (Å²) in [4.78, 5) is 22.5. The Kier molecular flexibility index (Phi) is 5.78. The van der Waals surface area contributed by atoms with Crippen LogP contribution in [0.1, 0.15) is 0 Å². The summed E-state index contributed by atoms with van der Waals surface area (Å²) in [7, 11) is 0. The lowest BCUT2D eigenvalue weighted by atomic mass is 10.2. The first-order chi connectivity index (χ1) is 12.0. The van der Waals surface area contributed by atoms with Gasteiger partial charge in [0.2, 0.25) is 0 Å². The largest absolute Gasteiger partial charge is 0.321 e. The predicted molar refractivity (Wildman–Crippen MR) is 102 cm³/mol. The minimum absolute atomic E-state index is 0.268. The Morgan fingerprint density at radius 3 is 2.84 bits per heavy atom. The van der Waals surface area contributed by atoms with E-state index in [2.05, 4.69) is 9.98 Å². The fraction of sp³-hybridized carbons (Fsp3) is 0.250. The van der Waals surface area contributed by atoms with Crippen molar-refractivity contribution in [3.63, 3.8) is 0 Å². The molecule has 1 aromatic heterocycles. The Morgan fingerprint density at radius 1 is 1.32 bits per heavy atom. The molecule has 2 heterocycles. The number of hydrogen-bond donors (Lipinski definition) is 0. The topological polar surface area (TPSA) is 71.6 Å². The van der Waals surface area contributed by atoms with Gasteiger partial charge in [0.15, 0.2) is 5.84 Å². The predicted octanol–water partition coefficient (Wildman–Crippen LogP) is 4.04. The third-order valence-corrected chi connectivity index (χ3v) is 5.18. The number of benzene rings is 1. The Balaban J connectivity index is 1.77. The third kappa shape index (κ3) is 4.42. The zero-order valence-electron chi connectivity index (χ0n) is 13.0. The molecule has 0 N–H and O–H groups in total. The molecule has 0 saturated carbocycles. The molecule has 0 amide bonds. The van der Waals surface area contributed by atoms with Gasteiger partial charge in [-0.2, -0.15) is 0 Å². The monoisotopic (exact) mass is 396 g/mol. The highest BCUT2D eigenvalue weighted by atomic mass is 35.5. The quantitative estimate of drug-likeness (QED) is 0.318. The van der Waals surface area contributed by atoms with Crippen molar-refractivity contribution in [1.82, 2.24) is 4.98 Å². The lowest BCUT2D eigenvalue weighted by Crippen LogP contribution is -2.42. The molecule has 25 heavy (non-hydrogen) atoms. The normalized spacial score (nSPS) is 15.1. The summed E-state index contributed by atoms with van der Waals surface area (Å²) in [5, 5.41) is 12.6. The summed E-state index contributed by atoms with van der Waals surface area (Å²) < 4.78 is 0. The van der Waals surface area contributed by atoms with E-state index in [4.69, 9.17) is 23.2 Å². The SMILES string of the molecule is O=[N+]([O-])C(CSc1cccc(Cl)c1)C1=NCCN1c1ccc(Cl)nc1. The number of anilines is 1. The number of thioether (sulfide) groups is 1. The van der Waals surface area contributed by atoms with Crippen molar-refractivity contribution in [1.29, 1.82) is 0 Å². The van der Waals surface area contributed by atoms with Crippen LogP contribution in [-0.2, 0) is 0 Å². The van der Waals surface area contributed by atoms with E-state index < -0.39 is 6.04 Å². The molecule has 1 aromatic carbocycles. The maximum Gasteiger partial charge on any atom is 0.278 e. The van der Waals surface area contributed by atoms with Gasteiger partial charge in [0, 0.05) is 21.4 Å². The number of aromatic nitrogens is 1. The highest BCUT2D eigenvalue weighted by molar-refractivity contribution is 7.99. The van der Waals surface area contributed by atoms with Gasteiger partial charge in [-0.15, -0.1) is 11.8 Å². The maximum atomic E-state index is 11.6. The van der Waals surface area contributed by atoms with E-state index in [1.807, 2.05) is 17.0 Å². The highest BCUT2D eigenvalue weighted by Crippen LogP contribution is 2.26. The van der Waals surface area contributed by atoms with Crippen LogP contribution >= 0.6 is 35.0 Å². The molecule has 0 radical (unpaired) electrons. The molecule has 6 nitrogen and oxygen atoms in total. The zero-order valence-corrected chi connectivity index (χ0v) is 15.3. The highest BCUT2D eigenvalue weighted by Gasteiger charge is 2.35. The van der Waals surface area contributed by atoms with E-state index in [-0.39, 0.29) is 10.7 Å². The molecule has 0 aliphatic carbocycles.